The highest BCUT2D eigenvalue weighted by atomic mass is 35.5. The molecule has 86 valence electrons. The summed E-state index contributed by atoms with van der Waals surface area (Å²) in [6.07, 6.45) is -0.641. The van der Waals surface area contributed by atoms with Crippen molar-refractivity contribution in [3.63, 3.8) is 0 Å². The summed E-state index contributed by atoms with van der Waals surface area (Å²) >= 11 is 11.8. The van der Waals surface area contributed by atoms with Crippen molar-refractivity contribution in [3.8, 4) is 0 Å². The molecule has 0 aliphatic heterocycles. The fourth-order valence-electron chi connectivity index (χ4n) is 1.01. The number of hydrogen-bond donors (Lipinski definition) is 1. The zero-order valence-electron chi connectivity index (χ0n) is 8.75. The highest BCUT2D eigenvalue weighted by Crippen LogP contribution is 2.21. The van der Waals surface area contributed by atoms with Gasteiger partial charge in [-0.05, 0) is 25.1 Å². The van der Waals surface area contributed by atoms with Gasteiger partial charge in [0.15, 0.2) is 0 Å². The molecule has 1 aromatic rings. The maximum Gasteiger partial charge on any atom is 0.427 e. The quantitative estimate of drug-likeness (QED) is 0.657. The summed E-state index contributed by atoms with van der Waals surface area (Å²) in [4.78, 5) is 10.8. The molecule has 4 nitrogen and oxygen atoms in total. The SMILES string of the molecule is COC(=O)N/N=C(/C)c1cc(Cl)ccc1Cl. The van der Waals surface area contributed by atoms with Crippen molar-refractivity contribution in [2.75, 3.05) is 7.11 Å². The lowest BCUT2D eigenvalue weighted by atomic mass is 10.1. The van der Waals surface area contributed by atoms with Gasteiger partial charge in [-0.2, -0.15) is 5.10 Å². The third-order valence-electron chi connectivity index (χ3n) is 1.82. The zero-order chi connectivity index (χ0) is 12.1. The van der Waals surface area contributed by atoms with E-state index in [2.05, 4.69) is 15.3 Å². The number of halogens is 2. The van der Waals surface area contributed by atoms with Gasteiger partial charge in [0.05, 0.1) is 12.8 Å². The van der Waals surface area contributed by atoms with Gasteiger partial charge >= 0.3 is 6.09 Å². The Balaban J connectivity index is 2.91. The van der Waals surface area contributed by atoms with Crippen LogP contribution in [0.3, 0.4) is 0 Å². The highest BCUT2D eigenvalue weighted by molar-refractivity contribution is 6.36. The van der Waals surface area contributed by atoms with Gasteiger partial charge in [0.2, 0.25) is 0 Å². The smallest absolute Gasteiger partial charge is 0.427 e. The van der Waals surface area contributed by atoms with Crippen LogP contribution >= 0.6 is 23.2 Å². The van der Waals surface area contributed by atoms with Crippen LogP contribution < -0.4 is 5.43 Å². The monoisotopic (exact) mass is 260 g/mol. The Morgan fingerprint density at radius 2 is 2.12 bits per heavy atom. The molecule has 0 fully saturated rings. The van der Waals surface area contributed by atoms with Crippen molar-refractivity contribution in [2.45, 2.75) is 6.92 Å². The minimum atomic E-state index is -0.641. The first-order valence-electron chi connectivity index (χ1n) is 4.38. The van der Waals surface area contributed by atoms with Crippen molar-refractivity contribution in [2.24, 2.45) is 5.10 Å². The van der Waals surface area contributed by atoms with Gasteiger partial charge in [0.25, 0.3) is 0 Å². The number of benzene rings is 1. The summed E-state index contributed by atoms with van der Waals surface area (Å²) < 4.78 is 4.37. The summed E-state index contributed by atoms with van der Waals surface area (Å²) in [7, 11) is 1.26. The normalized spacial score (nSPS) is 11.1. The van der Waals surface area contributed by atoms with Crippen molar-refractivity contribution < 1.29 is 9.53 Å². The van der Waals surface area contributed by atoms with E-state index in [0.717, 1.165) is 0 Å². The minimum Gasteiger partial charge on any atom is -0.452 e. The van der Waals surface area contributed by atoms with Gasteiger partial charge in [-0.15, -0.1) is 0 Å². The molecular weight excluding hydrogens is 251 g/mol. The molecule has 0 atom stereocenters. The van der Waals surface area contributed by atoms with Crippen LogP contribution in [0.15, 0.2) is 23.3 Å². The number of ether oxygens (including phenoxy) is 1. The molecule has 1 rings (SSSR count). The molecule has 0 aliphatic carbocycles. The number of carbonyl (C=O) groups is 1. The van der Waals surface area contributed by atoms with Crippen molar-refractivity contribution in [1.82, 2.24) is 5.43 Å². The van der Waals surface area contributed by atoms with Crippen LogP contribution in [0, 0.1) is 0 Å². The number of amides is 1. The molecule has 0 spiro atoms. The lowest BCUT2D eigenvalue weighted by Gasteiger charge is -2.04. The third-order valence-corrected chi connectivity index (χ3v) is 2.38. The number of nitrogens with zero attached hydrogens (tertiary/aromatic N) is 1. The molecule has 0 saturated heterocycles. The van der Waals surface area contributed by atoms with Gasteiger partial charge in [-0.25, -0.2) is 10.2 Å². The average Bonchev–Trinajstić information content (AvgIpc) is 2.28. The molecule has 0 radical (unpaired) electrons. The van der Waals surface area contributed by atoms with Crippen LogP contribution in [0.1, 0.15) is 12.5 Å². The van der Waals surface area contributed by atoms with Crippen LogP contribution in [0.25, 0.3) is 0 Å². The van der Waals surface area contributed by atoms with Crippen LogP contribution in [0.4, 0.5) is 4.79 Å². The Morgan fingerprint density at radius 3 is 2.75 bits per heavy atom. The Hall–Kier alpha value is -1.26. The number of hydrogen-bond acceptors (Lipinski definition) is 3. The second-order valence-electron chi connectivity index (χ2n) is 2.92. The predicted molar refractivity (Wildman–Crippen MR) is 64.2 cm³/mol. The summed E-state index contributed by atoms with van der Waals surface area (Å²) in [6, 6.07) is 5.01. The minimum absolute atomic E-state index is 0.511. The molecule has 0 heterocycles. The van der Waals surface area contributed by atoms with Crippen LogP contribution in [0.5, 0.6) is 0 Å². The molecule has 1 N–H and O–H groups in total. The van der Waals surface area contributed by atoms with E-state index in [1.807, 2.05) is 0 Å². The third kappa shape index (κ3) is 3.40. The van der Waals surface area contributed by atoms with Gasteiger partial charge < -0.3 is 4.74 Å². The van der Waals surface area contributed by atoms with Gasteiger partial charge in [-0.1, -0.05) is 23.2 Å². The molecular formula is C10H10Cl2N2O2. The average molecular weight is 261 g/mol. The van der Waals surface area contributed by atoms with E-state index in [0.29, 0.717) is 21.3 Å². The Kier molecular flexibility index (Phi) is 4.58. The first kappa shape index (κ1) is 12.8. The fraction of sp³-hybridized carbons (Fsp3) is 0.200. The van der Waals surface area contributed by atoms with E-state index in [1.54, 1.807) is 25.1 Å². The highest BCUT2D eigenvalue weighted by Gasteiger charge is 2.05. The van der Waals surface area contributed by atoms with Crippen molar-refractivity contribution >= 4 is 35.0 Å². The summed E-state index contributed by atoms with van der Waals surface area (Å²) in [5, 5.41) is 4.88. The Labute approximate surface area is 103 Å². The predicted octanol–water partition coefficient (Wildman–Crippen LogP) is 3.07. The maximum atomic E-state index is 10.8. The Bertz CT molecular complexity index is 433. The molecule has 0 aromatic heterocycles. The van der Waals surface area contributed by atoms with E-state index in [9.17, 15) is 4.79 Å². The second kappa shape index (κ2) is 5.72. The Morgan fingerprint density at radius 1 is 1.44 bits per heavy atom. The van der Waals surface area contributed by atoms with Crippen LogP contribution in [-0.4, -0.2) is 18.9 Å². The lowest BCUT2D eigenvalue weighted by molar-refractivity contribution is 0.171. The molecule has 16 heavy (non-hydrogen) atoms. The van der Waals surface area contributed by atoms with E-state index in [-0.39, 0.29) is 0 Å². The second-order valence-corrected chi connectivity index (χ2v) is 3.77. The van der Waals surface area contributed by atoms with Gasteiger partial charge in [-0.3, -0.25) is 0 Å². The fourth-order valence-corrected chi connectivity index (χ4v) is 1.44. The van der Waals surface area contributed by atoms with Crippen molar-refractivity contribution in [1.29, 1.82) is 0 Å². The standard InChI is InChI=1S/C10H10Cl2N2O2/c1-6(13-14-10(15)16-2)8-5-7(11)3-4-9(8)12/h3-5H,1-2H3,(H,14,15)/b13-6-. The number of rotatable bonds is 2. The van der Waals surface area contributed by atoms with E-state index >= 15 is 0 Å². The maximum absolute atomic E-state index is 10.8. The summed E-state index contributed by atoms with van der Waals surface area (Å²) in [5.74, 6) is 0. The molecule has 0 aliphatic rings. The number of carbonyl (C=O) groups excluding carboxylic acids is 1. The molecule has 6 heteroatoms. The number of methoxy groups -OCH3 is 1. The van der Waals surface area contributed by atoms with E-state index in [1.165, 1.54) is 7.11 Å². The molecule has 1 aromatic carbocycles. The number of hydrazone groups is 1. The van der Waals surface area contributed by atoms with E-state index in [4.69, 9.17) is 23.2 Å². The topological polar surface area (TPSA) is 50.7 Å². The van der Waals surface area contributed by atoms with Crippen LogP contribution in [-0.2, 0) is 4.74 Å². The van der Waals surface area contributed by atoms with Crippen molar-refractivity contribution in [3.05, 3.63) is 33.8 Å². The first-order chi connectivity index (χ1) is 7.54. The molecule has 0 bridgehead atoms. The summed E-state index contributed by atoms with van der Waals surface area (Å²) in [6.45, 7) is 1.70. The molecule has 0 saturated carbocycles. The first-order valence-corrected chi connectivity index (χ1v) is 5.14. The van der Waals surface area contributed by atoms with Gasteiger partial charge in [0, 0.05) is 15.6 Å². The van der Waals surface area contributed by atoms with Crippen LogP contribution in [0.2, 0.25) is 10.0 Å². The molecule has 1 amide bonds. The lowest BCUT2D eigenvalue weighted by Crippen LogP contribution is -2.18. The number of nitrogens with one attached hydrogen (secondary N) is 1. The molecule has 0 unspecified atom stereocenters. The van der Waals surface area contributed by atoms with E-state index < -0.39 is 6.09 Å². The zero-order valence-corrected chi connectivity index (χ0v) is 10.3. The largest absolute Gasteiger partial charge is 0.452 e. The summed E-state index contributed by atoms with van der Waals surface area (Å²) in [5.41, 5.74) is 3.40. The van der Waals surface area contributed by atoms with Gasteiger partial charge in [0.1, 0.15) is 0 Å².